The highest BCUT2D eigenvalue weighted by atomic mass is 16.5. The van der Waals surface area contributed by atoms with Gasteiger partial charge in [-0.3, -0.25) is 4.79 Å². The standard InChI is InChI=1S/C15H24N4O4/c1-2-23-13(11-5-3-4-6-11)7-8-16-14(20)10-19-9-12(15(21)22)17-18-19/h9,11,13H,2-8,10H2,1H3,(H,16,20)(H,21,22). The highest BCUT2D eigenvalue weighted by molar-refractivity contribution is 5.84. The zero-order valence-corrected chi connectivity index (χ0v) is 13.4. The summed E-state index contributed by atoms with van der Waals surface area (Å²) >= 11 is 0. The van der Waals surface area contributed by atoms with Gasteiger partial charge >= 0.3 is 5.97 Å². The summed E-state index contributed by atoms with van der Waals surface area (Å²) in [4.78, 5) is 22.6. The zero-order chi connectivity index (χ0) is 16.7. The molecule has 0 aromatic carbocycles. The number of carbonyl (C=O) groups excluding carboxylic acids is 1. The number of hydrogen-bond donors (Lipinski definition) is 2. The van der Waals surface area contributed by atoms with Crippen molar-refractivity contribution < 1.29 is 19.4 Å². The van der Waals surface area contributed by atoms with Gasteiger partial charge in [-0.2, -0.15) is 0 Å². The fourth-order valence-electron chi connectivity index (χ4n) is 3.03. The van der Waals surface area contributed by atoms with Crippen molar-refractivity contribution in [1.82, 2.24) is 20.3 Å². The van der Waals surface area contributed by atoms with Crippen molar-refractivity contribution in [2.24, 2.45) is 5.92 Å². The molecule has 1 unspecified atom stereocenters. The Hall–Kier alpha value is -1.96. The molecule has 1 saturated carbocycles. The quantitative estimate of drug-likeness (QED) is 0.704. The Labute approximate surface area is 135 Å². The smallest absolute Gasteiger partial charge is 0.358 e. The van der Waals surface area contributed by atoms with Gasteiger partial charge in [0.25, 0.3) is 0 Å². The second kappa shape index (κ2) is 8.61. The molecule has 0 saturated heterocycles. The number of aromatic nitrogens is 3. The number of nitrogens with zero attached hydrogens (tertiary/aromatic N) is 3. The first kappa shape index (κ1) is 17.4. The lowest BCUT2D eigenvalue weighted by atomic mass is 9.98. The van der Waals surface area contributed by atoms with Gasteiger partial charge in [0.1, 0.15) is 6.54 Å². The minimum atomic E-state index is -1.16. The van der Waals surface area contributed by atoms with Gasteiger partial charge in [-0.15, -0.1) is 5.10 Å². The molecule has 1 aliphatic rings. The lowest BCUT2D eigenvalue weighted by Crippen LogP contribution is -2.33. The van der Waals surface area contributed by atoms with E-state index in [1.54, 1.807) is 0 Å². The summed E-state index contributed by atoms with van der Waals surface area (Å²) in [5.41, 5.74) is -0.171. The fraction of sp³-hybridized carbons (Fsp3) is 0.733. The highest BCUT2D eigenvalue weighted by Crippen LogP contribution is 2.30. The molecule has 1 fully saturated rings. The van der Waals surface area contributed by atoms with Crippen molar-refractivity contribution in [2.45, 2.75) is 51.7 Å². The van der Waals surface area contributed by atoms with Crippen molar-refractivity contribution in [2.75, 3.05) is 13.2 Å². The SMILES string of the molecule is CCOC(CCNC(=O)Cn1cc(C(=O)O)nn1)C1CCCC1. The highest BCUT2D eigenvalue weighted by Gasteiger charge is 2.25. The summed E-state index contributed by atoms with van der Waals surface area (Å²) in [6, 6.07) is 0. The van der Waals surface area contributed by atoms with Gasteiger partial charge in [-0.1, -0.05) is 18.1 Å². The molecule has 1 amide bonds. The Balaban J connectivity index is 1.73. The molecule has 0 spiro atoms. The Kier molecular flexibility index (Phi) is 6.52. The number of ether oxygens (including phenoxy) is 1. The molecule has 0 bridgehead atoms. The maximum absolute atomic E-state index is 11.9. The summed E-state index contributed by atoms with van der Waals surface area (Å²) in [5.74, 6) is -0.776. The maximum Gasteiger partial charge on any atom is 0.358 e. The van der Waals surface area contributed by atoms with Crippen LogP contribution in [0.15, 0.2) is 6.20 Å². The fourth-order valence-corrected chi connectivity index (χ4v) is 3.03. The number of amides is 1. The molecule has 1 aromatic rings. The van der Waals surface area contributed by atoms with Crippen LogP contribution in [-0.4, -0.2) is 51.2 Å². The molecule has 2 N–H and O–H groups in total. The molecule has 128 valence electrons. The van der Waals surface area contributed by atoms with Gasteiger partial charge in [0.15, 0.2) is 5.69 Å². The van der Waals surface area contributed by atoms with E-state index in [1.807, 2.05) is 6.92 Å². The Morgan fingerprint density at radius 1 is 1.48 bits per heavy atom. The van der Waals surface area contributed by atoms with Crippen molar-refractivity contribution in [3.05, 3.63) is 11.9 Å². The number of carboxylic acids is 1. The number of hydrogen-bond acceptors (Lipinski definition) is 5. The average molecular weight is 324 g/mol. The van der Waals surface area contributed by atoms with Crippen molar-refractivity contribution in [3.63, 3.8) is 0 Å². The summed E-state index contributed by atoms with van der Waals surface area (Å²) in [6.45, 7) is 3.18. The molecule has 23 heavy (non-hydrogen) atoms. The Morgan fingerprint density at radius 3 is 2.83 bits per heavy atom. The minimum absolute atomic E-state index is 0.0387. The van der Waals surface area contributed by atoms with E-state index in [9.17, 15) is 9.59 Å². The van der Waals surface area contributed by atoms with Crippen LogP contribution in [0.25, 0.3) is 0 Å². The van der Waals surface area contributed by atoms with Crippen LogP contribution in [0, 0.1) is 5.92 Å². The molecule has 1 atom stereocenters. The van der Waals surface area contributed by atoms with Crippen molar-refractivity contribution in [1.29, 1.82) is 0 Å². The van der Waals surface area contributed by atoms with E-state index in [4.69, 9.17) is 9.84 Å². The average Bonchev–Trinajstić information content (AvgIpc) is 3.17. The van der Waals surface area contributed by atoms with E-state index in [1.165, 1.54) is 36.6 Å². The van der Waals surface area contributed by atoms with Crippen LogP contribution in [0.1, 0.15) is 49.5 Å². The largest absolute Gasteiger partial charge is 0.476 e. The first-order valence-corrected chi connectivity index (χ1v) is 8.12. The lowest BCUT2D eigenvalue weighted by Gasteiger charge is -2.23. The zero-order valence-electron chi connectivity index (χ0n) is 13.4. The van der Waals surface area contributed by atoms with Crippen LogP contribution in [0.3, 0.4) is 0 Å². The minimum Gasteiger partial charge on any atom is -0.476 e. The van der Waals surface area contributed by atoms with E-state index in [0.717, 1.165) is 6.42 Å². The number of nitrogens with one attached hydrogen (secondary N) is 1. The molecule has 1 aromatic heterocycles. The molecule has 0 radical (unpaired) electrons. The molecule has 1 heterocycles. The second-order valence-corrected chi connectivity index (χ2v) is 5.78. The molecule has 2 rings (SSSR count). The van der Waals surface area contributed by atoms with Crippen LogP contribution in [0.4, 0.5) is 0 Å². The van der Waals surface area contributed by atoms with E-state index in [-0.39, 0.29) is 24.2 Å². The molecular weight excluding hydrogens is 300 g/mol. The second-order valence-electron chi connectivity index (χ2n) is 5.78. The summed E-state index contributed by atoms with van der Waals surface area (Å²) in [6.07, 6.45) is 7.17. The third kappa shape index (κ3) is 5.31. The van der Waals surface area contributed by atoms with Gasteiger partial charge in [-0.25, -0.2) is 9.48 Å². The summed E-state index contributed by atoms with van der Waals surface area (Å²) < 4.78 is 7.03. The van der Waals surface area contributed by atoms with Crippen molar-refractivity contribution in [3.8, 4) is 0 Å². The van der Waals surface area contributed by atoms with E-state index < -0.39 is 5.97 Å². The van der Waals surface area contributed by atoms with Gasteiger partial charge in [0, 0.05) is 13.2 Å². The molecule has 8 heteroatoms. The van der Waals surface area contributed by atoms with Crippen LogP contribution in [0.5, 0.6) is 0 Å². The van der Waals surface area contributed by atoms with Crippen LogP contribution in [0.2, 0.25) is 0 Å². The van der Waals surface area contributed by atoms with Crippen molar-refractivity contribution >= 4 is 11.9 Å². The number of rotatable bonds is 9. The monoisotopic (exact) mass is 324 g/mol. The summed E-state index contributed by atoms with van der Waals surface area (Å²) in [5, 5.41) is 18.7. The van der Waals surface area contributed by atoms with E-state index in [0.29, 0.717) is 19.1 Å². The predicted octanol–water partition coefficient (Wildman–Crippen LogP) is 1.08. The van der Waals surface area contributed by atoms with Crippen LogP contribution < -0.4 is 5.32 Å². The number of carboxylic acid groups (broad SMARTS) is 1. The normalized spacial score (nSPS) is 16.4. The number of carbonyl (C=O) groups is 2. The number of aromatic carboxylic acids is 1. The Morgan fingerprint density at radius 2 is 2.22 bits per heavy atom. The lowest BCUT2D eigenvalue weighted by molar-refractivity contribution is -0.122. The third-order valence-electron chi connectivity index (χ3n) is 4.12. The van der Waals surface area contributed by atoms with Gasteiger partial charge in [0.2, 0.25) is 5.91 Å². The third-order valence-corrected chi connectivity index (χ3v) is 4.12. The maximum atomic E-state index is 11.9. The summed E-state index contributed by atoms with van der Waals surface area (Å²) in [7, 11) is 0. The van der Waals surface area contributed by atoms with Crippen LogP contribution in [-0.2, 0) is 16.1 Å². The van der Waals surface area contributed by atoms with Gasteiger partial charge in [0.05, 0.1) is 12.3 Å². The van der Waals surface area contributed by atoms with E-state index >= 15 is 0 Å². The molecule has 1 aliphatic carbocycles. The molecule has 8 nitrogen and oxygen atoms in total. The van der Waals surface area contributed by atoms with Crippen LogP contribution >= 0.6 is 0 Å². The molecular formula is C15H24N4O4. The first-order valence-electron chi connectivity index (χ1n) is 8.12. The first-order chi connectivity index (χ1) is 11.1. The molecule has 0 aliphatic heterocycles. The van der Waals surface area contributed by atoms with Gasteiger partial charge in [-0.05, 0) is 32.1 Å². The topological polar surface area (TPSA) is 106 Å². The van der Waals surface area contributed by atoms with Gasteiger partial charge < -0.3 is 15.2 Å². The predicted molar refractivity (Wildman–Crippen MR) is 82.0 cm³/mol. The van der Waals surface area contributed by atoms with E-state index in [2.05, 4.69) is 15.6 Å². The Bertz CT molecular complexity index is 525.